The summed E-state index contributed by atoms with van der Waals surface area (Å²) < 4.78 is 0. The Labute approximate surface area is 841 Å². The van der Waals surface area contributed by atoms with Gasteiger partial charge in [0.1, 0.15) is 0 Å². The number of fused-ring (bicyclic) bond motifs is 20. The van der Waals surface area contributed by atoms with E-state index in [9.17, 15) is 0 Å². The fourth-order valence-electron chi connectivity index (χ4n) is 21.4. The first kappa shape index (κ1) is 85.6. The van der Waals surface area contributed by atoms with E-state index in [1.54, 1.807) is 0 Å². The molecule has 3 aromatic heterocycles. The average Bonchev–Trinajstić information content (AvgIpc) is 0.734. The number of rotatable bonds is 12. The largest absolute Gasteiger partial charge is 0.208 e. The van der Waals surface area contributed by atoms with Crippen molar-refractivity contribution < 1.29 is 0 Å². The number of nitrogens with zero attached hydrogens (tertiary/aromatic N) is 9. The van der Waals surface area contributed by atoms with Crippen LogP contribution in [0.3, 0.4) is 0 Å². The third-order valence-corrected chi connectivity index (χ3v) is 28.7. The Balaban J connectivity index is 0.000000109. The van der Waals surface area contributed by atoms with Crippen LogP contribution in [0.2, 0.25) is 0 Å². The van der Waals surface area contributed by atoms with Crippen LogP contribution in [0.4, 0.5) is 0 Å². The first-order valence-corrected chi connectivity index (χ1v) is 49.4. The van der Waals surface area contributed by atoms with Crippen molar-refractivity contribution in [1.29, 1.82) is 0 Å². The van der Waals surface area contributed by atoms with Gasteiger partial charge in [-0.3, -0.25) is 0 Å². The molecule has 0 radical (unpaired) electrons. The molecule has 29 rings (SSSR count). The second-order valence-corrected chi connectivity index (χ2v) is 37.3. The van der Waals surface area contributed by atoms with Crippen LogP contribution < -0.4 is 0 Å². The molecule has 0 aliphatic carbocycles. The van der Waals surface area contributed by atoms with E-state index in [4.69, 9.17) is 44.9 Å². The molecule has 0 N–H and O–H groups in total. The first-order chi connectivity index (χ1) is 72.3. The zero-order valence-corrected chi connectivity index (χ0v) is 79.1. The van der Waals surface area contributed by atoms with Crippen molar-refractivity contribution in [2.75, 3.05) is 0 Å². The minimum absolute atomic E-state index is 0.647. The average molecular weight is 1860 g/mol. The molecule has 26 aromatic carbocycles. The third-order valence-electron chi connectivity index (χ3n) is 28.7. The van der Waals surface area contributed by atoms with E-state index in [2.05, 4.69) is 467 Å². The lowest BCUT2D eigenvalue weighted by atomic mass is 9.89. The summed E-state index contributed by atoms with van der Waals surface area (Å²) in [5.41, 5.74) is 15.7. The molecular formula is C137H85N9. The number of aromatic nitrogens is 9. The summed E-state index contributed by atoms with van der Waals surface area (Å²) in [6, 6.07) is 182. The maximum Gasteiger partial charge on any atom is 0.164 e. The highest BCUT2D eigenvalue weighted by atomic mass is 15.1. The second kappa shape index (κ2) is 36.6. The predicted molar refractivity (Wildman–Crippen MR) is 610 cm³/mol. The van der Waals surface area contributed by atoms with Gasteiger partial charge < -0.3 is 0 Å². The summed E-state index contributed by atoms with van der Waals surface area (Å²) in [6.45, 7) is 0. The minimum Gasteiger partial charge on any atom is -0.208 e. The van der Waals surface area contributed by atoms with E-state index in [1.165, 1.54) is 141 Å². The number of hydrogen-bond acceptors (Lipinski definition) is 9. The van der Waals surface area contributed by atoms with Crippen LogP contribution in [-0.4, -0.2) is 44.9 Å². The summed E-state index contributed by atoms with van der Waals surface area (Å²) in [5, 5.41) is 34.4. The van der Waals surface area contributed by atoms with E-state index in [0.29, 0.717) is 52.4 Å². The van der Waals surface area contributed by atoms with Gasteiger partial charge in [-0.1, -0.05) is 485 Å². The summed E-state index contributed by atoms with van der Waals surface area (Å²) in [5.74, 6) is 5.89. The van der Waals surface area contributed by atoms with Gasteiger partial charge in [-0.15, -0.1) is 0 Å². The quantitative estimate of drug-likeness (QED) is 0.110. The molecular weight excluding hydrogens is 1770 g/mol. The molecule has 0 spiro atoms. The molecule has 146 heavy (non-hydrogen) atoms. The van der Waals surface area contributed by atoms with Crippen molar-refractivity contribution in [1.82, 2.24) is 44.9 Å². The van der Waals surface area contributed by atoms with Gasteiger partial charge in [0.2, 0.25) is 0 Å². The van der Waals surface area contributed by atoms with Gasteiger partial charge in [0.15, 0.2) is 52.4 Å². The monoisotopic (exact) mass is 1860 g/mol. The van der Waals surface area contributed by atoms with Crippen molar-refractivity contribution in [3.8, 4) is 136 Å². The van der Waals surface area contributed by atoms with E-state index in [0.717, 1.165) is 93.5 Å². The Morgan fingerprint density at radius 3 is 0.603 bits per heavy atom. The molecule has 0 aliphatic rings. The van der Waals surface area contributed by atoms with Gasteiger partial charge in [0.05, 0.1) is 0 Å². The highest BCUT2D eigenvalue weighted by Crippen LogP contribution is 2.45. The Morgan fingerprint density at radius 2 is 0.267 bits per heavy atom. The lowest BCUT2D eigenvalue weighted by Crippen LogP contribution is -2.01. The van der Waals surface area contributed by atoms with Gasteiger partial charge in [-0.05, 0) is 215 Å². The minimum atomic E-state index is 0.647. The lowest BCUT2D eigenvalue weighted by molar-refractivity contribution is 1.07. The van der Waals surface area contributed by atoms with Gasteiger partial charge in [0.25, 0.3) is 0 Å². The summed E-state index contributed by atoms with van der Waals surface area (Å²) in [4.78, 5) is 45.3. The molecule has 0 saturated carbocycles. The summed E-state index contributed by atoms with van der Waals surface area (Å²) in [7, 11) is 0. The highest BCUT2D eigenvalue weighted by molar-refractivity contribution is 6.23. The molecule has 0 unspecified atom stereocenters. The van der Waals surface area contributed by atoms with Crippen LogP contribution in [0.5, 0.6) is 0 Å². The van der Waals surface area contributed by atoms with E-state index in [-0.39, 0.29) is 0 Å². The van der Waals surface area contributed by atoms with Crippen LogP contribution in [0, 0.1) is 0 Å². The van der Waals surface area contributed by atoms with Gasteiger partial charge in [0, 0.05) is 50.1 Å². The summed E-state index contributed by atoms with van der Waals surface area (Å²) >= 11 is 0. The van der Waals surface area contributed by atoms with Gasteiger partial charge >= 0.3 is 0 Å². The number of benzene rings is 26. The van der Waals surface area contributed by atoms with Crippen molar-refractivity contribution >= 4 is 151 Å². The Morgan fingerprint density at radius 1 is 0.0822 bits per heavy atom. The van der Waals surface area contributed by atoms with Crippen LogP contribution >= 0.6 is 0 Å². The molecule has 0 bridgehead atoms. The Bertz CT molecular complexity index is 10200. The van der Waals surface area contributed by atoms with Crippen LogP contribution in [0.15, 0.2) is 516 Å². The zero-order chi connectivity index (χ0) is 96.5. The Kier molecular flexibility index (Phi) is 21.4. The molecule has 678 valence electrons. The third kappa shape index (κ3) is 15.9. The first-order valence-electron chi connectivity index (χ1n) is 49.4. The Hall–Kier alpha value is -19.6. The normalized spacial score (nSPS) is 11.6. The van der Waals surface area contributed by atoms with Gasteiger partial charge in [-0.2, -0.15) is 0 Å². The smallest absolute Gasteiger partial charge is 0.164 e. The maximum absolute atomic E-state index is 5.15. The SMILES string of the molecule is c1ccc(-c2nc(-c3ccc(-c4cccc5c4ccc4c6ccccc6ccc54)cc3)nc(-c3ccc4ccccc4c3)n2)cc1.c1ccc(-c2nc(-c3ccc4ccccc4c3)nc(-c3ccc(-c4cccc5c4ccc4c6ccccc6ccc54)c4ccccc34)n2)cc1.c1ccc2cc(-c3nc(-c4ccc(-c5cccc6c5ccc5c7ccccc7ccc65)cc4)nc(-c4ccc5ccccc5c4)n3)ccc2c1. The summed E-state index contributed by atoms with van der Waals surface area (Å²) in [6.07, 6.45) is 0. The molecule has 0 fully saturated rings. The van der Waals surface area contributed by atoms with E-state index >= 15 is 0 Å². The fourth-order valence-corrected chi connectivity index (χ4v) is 21.4. The molecule has 3 heterocycles. The van der Waals surface area contributed by atoms with Gasteiger partial charge in [-0.25, -0.2) is 44.9 Å². The van der Waals surface area contributed by atoms with E-state index in [1.807, 2.05) is 48.5 Å². The number of hydrogen-bond donors (Lipinski definition) is 0. The molecule has 29 aromatic rings. The molecule has 0 amide bonds. The highest BCUT2D eigenvalue weighted by Gasteiger charge is 2.23. The zero-order valence-electron chi connectivity index (χ0n) is 79.1. The van der Waals surface area contributed by atoms with Crippen LogP contribution in [0.1, 0.15) is 0 Å². The molecule has 9 heteroatoms. The maximum atomic E-state index is 5.15. The topological polar surface area (TPSA) is 116 Å². The van der Waals surface area contributed by atoms with Crippen LogP contribution in [-0.2, 0) is 0 Å². The second-order valence-electron chi connectivity index (χ2n) is 37.3. The standard InChI is InChI=1S/2C47H29N3.C43H27N3/c1-3-11-35-28-37(22-16-30(35)8-1)46-48-45(49-47(50-46)38-23-17-31-9-2-4-12-36(31)29-38)34-20-18-33(19-21-34)40-14-7-15-41-42(40)26-27-43-39-13-6-5-10-32(39)24-25-44(41)43;1-2-13-32(14-3-1)45-48-46(34-22-21-30-11-4-5-15-33(30)29-34)50-47(49-45)44-28-27-43(36-17-8-9-18-39(36)44)38-20-10-19-37-41-24-23-31-12-6-7-16-35(31)40(41)25-26-42(37)38;1-2-11-31(12-3-1)41-44-42(46-43(45-41)34-22-17-28-9-4-5-13-33(28)27-34)32-20-18-30(19-21-32)36-15-8-16-37-38(36)25-26-39-35-14-7-6-10-29(35)23-24-40(37)39/h2*1-29H;1-27H. The van der Waals surface area contributed by atoms with E-state index < -0.39 is 0 Å². The molecule has 0 atom stereocenters. The van der Waals surface area contributed by atoms with Crippen molar-refractivity contribution in [2.45, 2.75) is 0 Å². The molecule has 9 nitrogen and oxygen atoms in total. The van der Waals surface area contributed by atoms with Crippen molar-refractivity contribution in [2.24, 2.45) is 0 Å². The van der Waals surface area contributed by atoms with Crippen LogP contribution in [0.25, 0.3) is 287 Å². The van der Waals surface area contributed by atoms with Crippen molar-refractivity contribution in [3.63, 3.8) is 0 Å². The lowest BCUT2D eigenvalue weighted by Gasteiger charge is -2.15. The molecule has 0 aliphatic heterocycles. The van der Waals surface area contributed by atoms with Crippen molar-refractivity contribution in [3.05, 3.63) is 516 Å². The predicted octanol–water partition coefficient (Wildman–Crippen LogP) is 35.8. The fraction of sp³-hybridized carbons (Fsp3) is 0. The molecule has 0 saturated heterocycles.